The van der Waals surface area contributed by atoms with Crippen molar-refractivity contribution in [2.45, 2.75) is 45.9 Å². The molecule has 100 valence electrons. The number of aryl methyl sites for hydroxylation is 1. The van der Waals surface area contributed by atoms with Gasteiger partial charge in [-0.15, -0.1) is 11.6 Å². The van der Waals surface area contributed by atoms with Gasteiger partial charge in [-0.3, -0.25) is 4.98 Å². The highest BCUT2D eigenvalue weighted by Gasteiger charge is 2.24. The van der Waals surface area contributed by atoms with Gasteiger partial charge < -0.3 is 4.90 Å². The molecule has 0 spiro atoms. The normalized spacial score (nSPS) is 19.7. The van der Waals surface area contributed by atoms with Crippen molar-refractivity contribution in [3.05, 3.63) is 23.5 Å². The van der Waals surface area contributed by atoms with Crippen LogP contribution in [0.15, 0.2) is 12.3 Å². The van der Waals surface area contributed by atoms with E-state index in [1.807, 2.05) is 13.1 Å². The first-order valence-corrected chi connectivity index (χ1v) is 7.32. The topological polar surface area (TPSA) is 16.1 Å². The Morgan fingerprint density at radius 3 is 2.83 bits per heavy atom. The molecule has 0 radical (unpaired) electrons. The Bertz CT molecular complexity index is 415. The molecule has 0 atom stereocenters. The zero-order valence-electron chi connectivity index (χ0n) is 11.7. The van der Waals surface area contributed by atoms with Crippen LogP contribution in [0.4, 0.5) is 5.69 Å². The maximum Gasteiger partial charge on any atom is 0.0509 e. The van der Waals surface area contributed by atoms with Crippen LogP contribution in [0.3, 0.4) is 0 Å². The van der Waals surface area contributed by atoms with Crippen LogP contribution in [-0.4, -0.2) is 18.1 Å². The molecule has 1 aromatic rings. The number of aromatic nitrogens is 1. The number of hydrogen-bond acceptors (Lipinski definition) is 2. The standard InChI is InChI=1S/C15H23ClN2/c1-12-9-14(13(10-16)11-17-12)18-7-4-5-15(2,3)6-8-18/h9,11H,4-8,10H2,1-3H3. The number of pyridine rings is 1. The second-order valence-electron chi connectivity index (χ2n) is 6.09. The number of nitrogens with zero attached hydrogens (tertiary/aromatic N) is 2. The van der Waals surface area contributed by atoms with Crippen molar-refractivity contribution in [3.8, 4) is 0 Å². The van der Waals surface area contributed by atoms with Crippen molar-refractivity contribution in [2.24, 2.45) is 5.41 Å². The van der Waals surface area contributed by atoms with Gasteiger partial charge in [-0.2, -0.15) is 0 Å². The number of halogens is 1. The Morgan fingerprint density at radius 2 is 2.11 bits per heavy atom. The highest BCUT2D eigenvalue weighted by Crippen LogP contribution is 2.33. The molecule has 18 heavy (non-hydrogen) atoms. The minimum absolute atomic E-state index is 0.470. The number of anilines is 1. The fraction of sp³-hybridized carbons (Fsp3) is 0.667. The first kappa shape index (κ1) is 13.7. The quantitative estimate of drug-likeness (QED) is 0.748. The van der Waals surface area contributed by atoms with Gasteiger partial charge in [-0.1, -0.05) is 13.8 Å². The molecule has 1 aliphatic heterocycles. The van der Waals surface area contributed by atoms with Crippen molar-refractivity contribution >= 4 is 17.3 Å². The third kappa shape index (κ3) is 3.17. The van der Waals surface area contributed by atoms with Crippen LogP contribution in [0.25, 0.3) is 0 Å². The Morgan fingerprint density at radius 1 is 1.33 bits per heavy atom. The van der Waals surface area contributed by atoms with Crippen LogP contribution in [0.5, 0.6) is 0 Å². The molecule has 3 heteroatoms. The zero-order valence-corrected chi connectivity index (χ0v) is 12.4. The van der Waals surface area contributed by atoms with E-state index >= 15 is 0 Å². The SMILES string of the molecule is Cc1cc(N2CCCC(C)(C)CC2)c(CCl)cn1. The fourth-order valence-electron chi connectivity index (χ4n) is 2.63. The van der Waals surface area contributed by atoms with Gasteiger partial charge in [-0.25, -0.2) is 0 Å². The van der Waals surface area contributed by atoms with Crippen molar-refractivity contribution in [2.75, 3.05) is 18.0 Å². The number of hydrogen-bond donors (Lipinski definition) is 0. The molecule has 1 aromatic heterocycles. The highest BCUT2D eigenvalue weighted by molar-refractivity contribution is 6.17. The lowest BCUT2D eigenvalue weighted by molar-refractivity contribution is 0.325. The Balaban J connectivity index is 2.23. The maximum atomic E-state index is 6.03. The van der Waals surface area contributed by atoms with Crippen LogP contribution in [0.1, 0.15) is 44.4 Å². The van der Waals surface area contributed by atoms with Crippen LogP contribution >= 0.6 is 11.6 Å². The van der Waals surface area contributed by atoms with Gasteiger partial charge in [0.2, 0.25) is 0 Å². The summed E-state index contributed by atoms with van der Waals surface area (Å²) in [5, 5.41) is 0. The predicted octanol–water partition coefficient (Wildman–Crippen LogP) is 4.15. The molecule has 0 unspecified atom stereocenters. The monoisotopic (exact) mass is 266 g/mol. The summed E-state index contributed by atoms with van der Waals surface area (Å²) in [6.45, 7) is 9.05. The third-order valence-electron chi connectivity index (χ3n) is 3.92. The largest absolute Gasteiger partial charge is 0.371 e. The van der Waals surface area contributed by atoms with Crippen molar-refractivity contribution in [1.29, 1.82) is 0 Å². The van der Waals surface area contributed by atoms with Crippen molar-refractivity contribution < 1.29 is 0 Å². The molecule has 1 saturated heterocycles. The molecule has 0 saturated carbocycles. The van der Waals surface area contributed by atoms with Gasteiger partial charge in [0.1, 0.15) is 0 Å². The van der Waals surface area contributed by atoms with Crippen molar-refractivity contribution in [3.63, 3.8) is 0 Å². The van der Waals surface area contributed by atoms with E-state index in [0.29, 0.717) is 11.3 Å². The summed E-state index contributed by atoms with van der Waals surface area (Å²) >= 11 is 6.03. The maximum absolute atomic E-state index is 6.03. The third-order valence-corrected chi connectivity index (χ3v) is 4.21. The molecule has 0 amide bonds. The summed E-state index contributed by atoms with van der Waals surface area (Å²) in [5.74, 6) is 0.544. The second-order valence-corrected chi connectivity index (χ2v) is 6.36. The average molecular weight is 267 g/mol. The van der Waals surface area contributed by atoms with E-state index in [1.54, 1.807) is 0 Å². The summed E-state index contributed by atoms with van der Waals surface area (Å²) in [7, 11) is 0. The smallest absolute Gasteiger partial charge is 0.0509 e. The molecule has 0 aliphatic carbocycles. The first-order valence-electron chi connectivity index (χ1n) is 6.78. The van der Waals surface area contributed by atoms with Crippen LogP contribution in [0, 0.1) is 12.3 Å². The number of alkyl halides is 1. The lowest BCUT2D eigenvalue weighted by Gasteiger charge is -2.26. The van der Waals surface area contributed by atoms with Gasteiger partial charge >= 0.3 is 0 Å². The summed E-state index contributed by atoms with van der Waals surface area (Å²) < 4.78 is 0. The lowest BCUT2D eigenvalue weighted by atomic mass is 9.85. The Kier molecular flexibility index (Phi) is 4.16. The molecular formula is C15H23ClN2. The van der Waals surface area contributed by atoms with Gasteiger partial charge in [0.05, 0.1) is 5.88 Å². The zero-order chi connectivity index (χ0) is 13.2. The van der Waals surface area contributed by atoms with E-state index in [0.717, 1.165) is 24.3 Å². The molecule has 0 bridgehead atoms. The molecule has 2 rings (SSSR count). The Hall–Kier alpha value is -0.760. The van der Waals surface area contributed by atoms with Crippen LogP contribution < -0.4 is 4.90 Å². The van der Waals surface area contributed by atoms with E-state index in [1.165, 1.54) is 24.9 Å². The van der Waals surface area contributed by atoms with Gasteiger partial charge in [-0.05, 0) is 37.7 Å². The van der Waals surface area contributed by atoms with E-state index < -0.39 is 0 Å². The lowest BCUT2D eigenvalue weighted by Crippen LogP contribution is -2.26. The molecule has 2 nitrogen and oxygen atoms in total. The Labute approximate surface area is 115 Å². The second kappa shape index (κ2) is 5.48. The summed E-state index contributed by atoms with van der Waals surface area (Å²) in [6.07, 6.45) is 5.74. The first-order chi connectivity index (χ1) is 8.52. The van der Waals surface area contributed by atoms with Gasteiger partial charge in [0.15, 0.2) is 0 Å². The summed E-state index contributed by atoms with van der Waals surface area (Å²) in [6, 6.07) is 2.18. The number of rotatable bonds is 2. The molecule has 1 aliphatic rings. The van der Waals surface area contributed by atoms with Crippen LogP contribution in [0.2, 0.25) is 0 Å². The predicted molar refractivity (Wildman–Crippen MR) is 78.4 cm³/mol. The van der Waals surface area contributed by atoms with Crippen LogP contribution in [-0.2, 0) is 5.88 Å². The van der Waals surface area contributed by atoms with Gasteiger partial charge in [0, 0.05) is 36.2 Å². The van der Waals surface area contributed by atoms with E-state index in [-0.39, 0.29) is 0 Å². The summed E-state index contributed by atoms with van der Waals surface area (Å²) in [4.78, 5) is 6.83. The van der Waals surface area contributed by atoms with Gasteiger partial charge in [0.25, 0.3) is 0 Å². The van der Waals surface area contributed by atoms with Crippen molar-refractivity contribution in [1.82, 2.24) is 4.98 Å². The fourth-order valence-corrected chi connectivity index (χ4v) is 2.84. The average Bonchev–Trinajstić information content (AvgIpc) is 2.50. The minimum atomic E-state index is 0.470. The summed E-state index contributed by atoms with van der Waals surface area (Å²) in [5.41, 5.74) is 3.98. The molecule has 0 N–H and O–H groups in total. The van der Waals surface area contributed by atoms with E-state index in [4.69, 9.17) is 11.6 Å². The van der Waals surface area contributed by atoms with E-state index in [9.17, 15) is 0 Å². The highest BCUT2D eigenvalue weighted by atomic mass is 35.5. The molecule has 2 heterocycles. The molecular weight excluding hydrogens is 244 g/mol. The molecule has 0 aromatic carbocycles. The minimum Gasteiger partial charge on any atom is -0.371 e. The molecule has 1 fully saturated rings. The van der Waals surface area contributed by atoms with E-state index in [2.05, 4.69) is 29.8 Å².